The second-order valence-electron chi connectivity index (χ2n) is 5.10. The number of hydrazine groups is 1. The van der Waals surface area contributed by atoms with Crippen molar-refractivity contribution in [1.82, 2.24) is 10.4 Å². The first-order valence-electron chi connectivity index (χ1n) is 7.28. The van der Waals surface area contributed by atoms with Gasteiger partial charge in [0, 0.05) is 17.9 Å². The number of nitrogens with two attached hydrogens (primary N) is 1. The van der Waals surface area contributed by atoms with Crippen LogP contribution in [0.5, 0.6) is 0 Å². The summed E-state index contributed by atoms with van der Waals surface area (Å²) < 4.78 is 0. The highest BCUT2D eigenvalue weighted by molar-refractivity contribution is 5.14. The minimum Gasteiger partial charge on any atom is -0.271 e. The summed E-state index contributed by atoms with van der Waals surface area (Å²) in [6, 6.07) is 17.0. The van der Waals surface area contributed by atoms with Gasteiger partial charge in [0.2, 0.25) is 0 Å². The van der Waals surface area contributed by atoms with Crippen molar-refractivity contribution in [2.24, 2.45) is 5.84 Å². The lowest BCUT2D eigenvalue weighted by Crippen LogP contribution is -2.35. The number of aryl methyl sites for hydroxylation is 2. The molecule has 0 radical (unpaired) electrons. The monoisotopic (exact) mass is 269 g/mol. The molecule has 1 aromatic heterocycles. The average Bonchev–Trinajstić information content (AvgIpc) is 2.52. The number of rotatable bonds is 8. The Hall–Kier alpha value is -1.71. The van der Waals surface area contributed by atoms with Gasteiger partial charge in [0.15, 0.2) is 0 Å². The lowest BCUT2D eigenvalue weighted by Gasteiger charge is -2.15. The van der Waals surface area contributed by atoms with Gasteiger partial charge >= 0.3 is 0 Å². The van der Waals surface area contributed by atoms with Gasteiger partial charge in [-0.1, -0.05) is 36.4 Å². The van der Waals surface area contributed by atoms with Gasteiger partial charge in [-0.2, -0.15) is 0 Å². The van der Waals surface area contributed by atoms with E-state index in [4.69, 9.17) is 5.84 Å². The molecule has 3 nitrogen and oxygen atoms in total. The molecule has 106 valence electrons. The van der Waals surface area contributed by atoms with E-state index in [0.29, 0.717) is 6.04 Å². The Kier molecular flexibility index (Phi) is 6.21. The van der Waals surface area contributed by atoms with Crippen LogP contribution in [-0.2, 0) is 12.8 Å². The van der Waals surface area contributed by atoms with E-state index in [-0.39, 0.29) is 0 Å². The number of benzene rings is 1. The van der Waals surface area contributed by atoms with Crippen LogP contribution in [0.25, 0.3) is 0 Å². The fourth-order valence-corrected chi connectivity index (χ4v) is 2.38. The van der Waals surface area contributed by atoms with Crippen LogP contribution in [-0.4, -0.2) is 11.0 Å². The van der Waals surface area contributed by atoms with Gasteiger partial charge in [0.05, 0.1) is 0 Å². The number of hydrogen-bond donors (Lipinski definition) is 2. The van der Waals surface area contributed by atoms with Crippen LogP contribution >= 0.6 is 0 Å². The summed E-state index contributed by atoms with van der Waals surface area (Å²) in [6.45, 7) is 0. The molecule has 3 N–H and O–H groups in total. The lowest BCUT2D eigenvalue weighted by molar-refractivity contribution is 0.450. The molecule has 0 aliphatic carbocycles. The van der Waals surface area contributed by atoms with E-state index in [1.807, 2.05) is 18.3 Å². The molecule has 0 fully saturated rings. The van der Waals surface area contributed by atoms with Crippen molar-refractivity contribution in [3.8, 4) is 0 Å². The summed E-state index contributed by atoms with van der Waals surface area (Å²) in [5.41, 5.74) is 5.46. The molecule has 0 spiro atoms. The predicted octanol–water partition coefficient (Wildman–Crippen LogP) is 2.87. The summed E-state index contributed by atoms with van der Waals surface area (Å²) in [4.78, 5) is 4.34. The Balaban J connectivity index is 1.70. The maximum absolute atomic E-state index is 5.65. The number of pyridine rings is 1. The van der Waals surface area contributed by atoms with Crippen LogP contribution in [0.4, 0.5) is 0 Å². The van der Waals surface area contributed by atoms with Crippen LogP contribution in [0.3, 0.4) is 0 Å². The topological polar surface area (TPSA) is 50.9 Å². The first-order valence-corrected chi connectivity index (χ1v) is 7.28. The number of nitrogens with zero attached hydrogens (tertiary/aromatic N) is 1. The minimum absolute atomic E-state index is 0.362. The third kappa shape index (κ3) is 5.11. The normalized spacial score (nSPS) is 12.2. The highest BCUT2D eigenvalue weighted by atomic mass is 15.2. The van der Waals surface area contributed by atoms with Crippen molar-refractivity contribution < 1.29 is 0 Å². The zero-order valence-corrected chi connectivity index (χ0v) is 11.8. The van der Waals surface area contributed by atoms with Crippen LogP contribution in [0.1, 0.15) is 30.5 Å². The van der Waals surface area contributed by atoms with Crippen LogP contribution < -0.4 is 11.3 Å². The van der Waals surface area contributed by atoms with Gasteiger partial charge in [0.1, 0.15) is 0 Å². The second-order valence-corrected chi connectivity index (χ2v) is 5.10. The van der Waals surface area contributed by atoms with E-state index in [1.54, 1.807) is 0 Å². The highest BCUT2D eigenvalue weighted by Gasteiger charge is 2.07. The molecule has 1 aromatic carbocycles. The van der Waals surface area contributed by atoms with E-state index in [1.165, 1.54) is 5.56 Å². The molecule has 0 saturated heterocycles. The zero-order valence-electron chi connectivity index (χ0n) is 11.8. The SMILES string of the molecule is NNC(CCCc1ccccc1)CCc1ccccn1. The number of hydrogen-bond acceptors (Lipinski definition) is 3. The van der Waals surface area contributed by atoms with Gasteiger partial charge in [-0.3, -0.25) is 16.3 Å². The van der Waals surface area contributed by atoms with Gasteiger partial charge in [-0.05, 0) is 49.8 Å². The van der Waals surface area contributed by atoms with Crippen molar-refractivity contribution in [3.05, 3.63) is 66.0 Å². The van der Waals surface area contributed by atoms with Crippen molar-refractivity contribution in [1.29, 1.82) is 0 Å². The van der Waals surface area contributed by atoms with E-state index in [9.17, 15) is 0 Å². The first kappa shape index (κ1) is 14.7. The molecule has 0 bridgehead atoms. The van der Waals surface area contributed by atoms with Crippen molar-refractivity contribution in [2.75, 3.05) is 0 Å². The van der Waals surface area contributed by atoms with E-state index in [0.717, 1.165) is 37.8 Å². The molecule has 20 heavy (non-hydrogen) atoms. The molecular formula is C17H23N3. The third-order valence-electron chi connectivity index (χ3n) is 3.57. The summed E-state index contributed by atoms with van der Waals surface area (Å²) >= 11 is 0. The van der Waals surface area contributed by atoms with Crippen molar-refractivity contribution in [3.63, 3.8) is 0 Å². The molecule has 3 heteroatoms. The van der Waals surface area contributed by atoms with Crippen molar-refractivity contribution in [2.45, 2.75) is 38.1 Å². The van der Waals surface area contributed by atoms with E-state index < -0.39 is 0 Å². The average molecular weight is 269 g/mol. The molecule has 2 rings (SSSR count). The summed E-state index contributed by atoms with van der Waals surface area (Å²) in [7, 11) is 0. The Morgan fingerprint density at radius 3 is 2.45 bits per heavy atom. The van der Waals surface area contributed by atoms with Gasteiger partial charge in [0.25, 0.3) is 0 Å². The molecule has 1 unspecified atom stereocenters. The maximum atomic E-state index is 5.65. The molecule has 2 aromatic rings. The molecule has 0 amide bonds. The van der Waals surface area contributed by atoms with Gasteiger partial charge < -0.3 is 0 Å². The second kappa shape index (κ2) is 8.46. The van der Waals surface area contributed by atoms with Crippen LogP contribution in [0, 0.1) is 0 Å². The Morgan fingerprint density at radius 1 is 0.950 bits per heavy atom. The summed E-state index contributed by atoms with van der Waals surface area (Å²) in [5.74, 6) is 5.65. The largest absolute Gasteiger partial charge is 0.271 e. The van der Waals surface area contributed by atoms with Crippen LogP contribution in [0.15, 0.2) is 54.7 Å². The zero-order chi connectivity index (χ0) is 14.0. The molecule has 0 saturated carbocycles. The molecule has 0 aliphatic heterocycles. The molecule has 1 heterocycles. The first-order chi connectivity index (χ1) is 9.88. The van der Waals surface area contributed by atoms with E-state index in [2.05, 4.69) is 46.8 Å². The number of aromatic nitrogens is 1. The lowest BCUT2D eigenvalue weighted by atomic mass is 10.0. The maximum Gasteiger partial charge on any atom is 0.0404 e. The summed E-state index contributed by atoms with van der Waals surface area (Å²) in [5, 5.41) is 0. The fourth-order valence-electron chi connectivity index (χ4n) is 2.38. The minimum atomic E-state index is 0.362. The molecule has 0 aliphatic rings. The van der Waals surface area contributed by atoms with Crippen molar-refractivity contribution >= 4 is 0 Å². The summed E-state index contributed by atoms with van der Waals surface area (Å²) in [6.07, 6.45) is 7.21. The fraction of sp³-hybridized carbons (Fsp3) is 0.353. The van der Waals surface area contributed by atoms with Crippen LogP contribution in [0.2, 0.25) is 0 Å². The standard InChI is InChI=1S/C17H23N3/c18-20-17(13-12-16-10-4-5-14-19-16)11-6-9-15-7-2-1-3-8-15/h1-5,7-8,10,14,17,20H,6,9,11-13,18H2. The van der Waals surface area contributed by atoms with Gasteiger partial charge in [-0.15, -0.1) is 0 Å². The quantitative estimate of drug-likeness (QED) is 0.572. The smallest absolute Gasteiger partial charge is 0.0404 e. The Bertz CT molecular complexity index is 470. The predicted molar refractivity (Wildman–Crippen MR) is 83.0 cm³/mol. The number of nitrogens with one attached hydrogen (secondary N) is 1. The molecular weight excluding hydrogens is 246 g/mol. The van der Waals surface area contributed by atoms with E-state index >= 15 is 0 Å². The third-order valence-corrected chi connectivity index (χ3v) is 3.57. The highest BCUT2D eigenvalue weighted by Crippen LogP contribution is 2.10. The van der Waals surface area contributed by atoms with Gasteiger partial charge in [-0.25, -0.2) is 0 Å². The molecule has 1 atom stereocenters. The Morgan fingerprint density at radius 2 is 1.75 bits per heavy atom. The Labute approximate surface area is 121 Å².